The summed E-state index contributed by atoms with van der Waals surface area (Å²) < 4.78 is 56.3. The number of halogens is 4. The molecule has 1 N–H and O–H groups in total. The number of fused-ring (bicyclic) bond motifs is 1. The minimum Gasteiger partial charge on any atom is -0.496 e. The van der Waals surface area contributed by atoms with Crippen LogP contribution in [0.4, 0.5) is 24.0 Å². The van der Waals surface area contributed by atoms with Gasteiger partial charge in [0.2, 0.25) is 5.65 Å². The van der Waals surface area contributed by atoms with Crippen LogP contribution in [0, 0.1) is 6.92 Å². The molecule has 0 aliphatic carbocycles. The van der Waals surface area contributed by atoms with E-state index >= 15 is 0 Å². The molecule has 1 aliphatic rings. The fourth-order valence-electron chi connectivity index (χ4n) is 4.23. The molecule has 1 aromatic carbocycles. The second-order valence-electron chi connectivity index (χ2n) is 9.94. The first-order valence-corrected chi connectivity index (χ1v) is 12.1. The molecule has 1 atom stereocenters. The van der Waals surface area contributed by atoms with E-state index in [1.807, 2.05) is 20.8 Å². The third-order valence-corrected chi connectivity index (χ3v) is 6.10. The van der Waals surface area contributed by atoms with Crippen LogP contribution in [-0.2, 0) is 10.9 Å². The van der Waals surface area contributed by atoms with Crippen molar-refractivity contribution in [2.24, 2.45) is 0 Å². The van der Waals surface area contributed by atoms with Gasteiger partial charge in [0.25, 0.3) is 6.01 Å². The molecule has 1 aliphatic heterocycles. The minimum atomic E-state index is -4.52. The normalized spacial score (nSPS) is 16.7. The number of methoxy groups -OCH3 is 1. The van der Waals surface area contributed by atoms with Gasteiger partial charge in [0.05, 0.1) is 23.4 Å². The molecular weight excluding hydrogens is 513 g/mol. The predicted molar refractivity (Wildman–Crippen MR) is 133 cm³/mol. The second kappa shape index (κ2) is 9.92. The van der Waals surface area contributed by atoms with Crippen molar-refractivity contribution >= 4 is 34.9 Å². The van der Waals surface area contributed by atoms with Crippen LogP contribution in [0.2, 0.25) is 5.02 Å². The summed E-state index contributed by atoms with van der Waals surface area (Å²) in [5.74, 6) is 0.0153. The van der Waals surface area contributed by atoms with Gasteiger partial charge in [-0.05, 0) is 64.3 Å². The molecule has 37 heavy (non-hydrogen) atoms. The zero-order valence-electron chi connectivity index (χ0n) is 21.1. The predicted octanol–water partition coefficient (Wildman–Crippen LogP) is 6.69. The zero-order valence-corrected chi connectivity index (χ0v) is 21.9. The van der Waals surface area contributed by atoms with Crippen molar-refractivity contribution in [1.82, 2.24) is 14.9 Å². The smallest absolute Gasteiger partial charge is 0.416 e. The van der Waals surface area contributed by atoms with Crippen molar-refractivity contribution in [2.75, 3.05) is 25.5 Å². The highest BCUT2D eigenvalue weighted by atomic mass is 35.5. The number of aromatic nitrogens is 2. The maximum atomic E-state index is 13.3. The fraction of sp³-hybridized carbons (Fsp3) is 0.480. The number of piperidine rings is 1. The Morgan fingerprint density at radius 3 is 2.59 bits per heavy atom. The Hall–Kier alpha value is -3.21. The number of benzene rings is 1. The van der Waals surface area contributed by atoms with Gasteiger partial charge in [-0.2, -0.15) is 18.2 Å². The summed E-state index contributed by atoms with van der Waals surface area (Å²) in [4.78, 5) is 23.0. The molecule has 3 heterocycles. The first kappa shape index (κ1) is 26.8. The summed E-state index contributed by atoms with van der Waals surface area (Å²) in [5.41, 5.74) is -0.000390. The Morgan fingerprint density at radius 2 is 1.95 bits per heavy atom. The maximum absolute atomic E-state index is 13.3. The lowest BCUT2D eigenvalue weighted by molar-refractivity contribution is -0.137. The van der Waals surface area contributed by atoms with Crippen LogP contribution in [0.3, 0.4) is 0 Å². The molecule has 1 saturated heterocycles. The number of nitrogens with one attached hydrogen (secondary N) is 1. The van der Waals surface area contributed by atoms with Crippen molar-refractivity contribution in [2.45, 2.75) is 58.4 Å². The van der Waals surface area contributed by atoms with E-state index in [-0.39, 0.29) is 40.2 Å². The average Bonchev–Trinajstić information content (AvgIpc) is 3.19. The van der Waals surface area contributed by atoms with E-state index < -0.39 is 17.3 Å². The van der Waals surface area contributed by atoms with Gasteiger partial charge in [-0.25, -0.2) is 9.78 Å². The number of anilines is 1. The SMILES string of the molecule is COc1cc(C(F)(F)F)cc(C)c1-c1cc(Cl)c2oc(N[C@@H]3CCCN(C(=O)OC(C)(C)C)C3)nc2n1. The third-order valence-electron chi connectivity index (χ3n) is 5.82. The van der Waals surface area contributed by atoms with E-state index in [1.54, 1.807) is 11.8 Å². The Labute approximate surface area is 217 Å². The largest absolute Gasteiger partial charge is 0.496 e. The maximum Gasteiger partial charge on any atom is 0.416 e. The molecule has 1 amide bonds. The summed E-state index contributed by atoms with van der Waals surface area (Å²) in [6, 6.07) is 3.50. The monoisotopic (exact) mass is 540 g/mol. The highest BCUT2D eigenvalue weighted by molar-refractivity contribution is 6.34. The van der Waals surface area contributed by atoms with Crippen molar-refractivity contribution < 1.29 is 31.9 Å². The van der Waals surface area contributed by atoms with Gasteiger partial charge in [0.15, 0.2) is 5.58 Å². The number of rotatable bonds is 4. The Bertz CT molecular complexity index is 1320. The number of pyridine rings is 1. The molecule has 4 rings (SSSR count). The molecule has 8 nitrogen and oxygen atoms in total. The number of likely N-dealkylation sites (tertiary alicyclic amines) is 1. The van der Waals surface area contributed by atoms with Crippen molar-refractivity contribution in [3.8, 4) is 17.0 Å². The number of carbonyl (C=O) groups is 1. The first-order chi connectivity index (χ1) is 17.2. The Balaban J connectivity index is 1.60. The minimum absolute atomic E-state index is 0.0153. The van der Waals surface area contributed by atoms with Gasteiger partial charge < -0.3 is 24.1 Å². The number of ether oxygens (including phenoxy) is 2. The summed E-state index contributed by atoms with van der Waals surface area (Å²) >= 11 is 6.45. The van der Waals surface area contributed by atoms with Crippen LogP contribution in [0.25, 0.3) is 22.5 Å². The van der Waals surface area contributed by atoms with E-state index in [2.05, 4.69) is 15.3 Å². The van der Waals surface area contributed by atoms with E-state index in [0.29, 0.717) is 29.9 Å². The number of nitrogens with zero attached hydrogens (tertiary/aromatic N) is 3. The molecule has 200 valence electrons. The first-order valence-electron chi connectivity index (χ1n) is 11.7. The van der Waals surface area contributed by atoms with Gasteiger partial charge >= 0.3 is 12.3 Å². The van der Waals surface area contributed by atoms with Gasteiger partial charge in [0.1, 0.15) is 11.4 Å². The van der Waals surface area contributed by atoms with Crippen LogP contribution in [-0.4, -0.2) is 52.8 Å². The van der Waals surface area contributed by atoms with Gasteiger partial charge in [-0.3, -0.25) is 0 Å². The molecule has 0 radical (unpaired) electrons. The average molecular weight is 541 g/mol. The molecule has 12 heteroatoms. The molecular formula is C25H28ClF3N4O4. The van der Waals surface area contributed by atoms with Gasteiger partial charge in [-0.15, -0.1) is 0 Å². The van der Waals surface area contributed by atoms with Crippen LogP contribution >= 0.6 is 11.6 Å². The number of oxazole rings is 1. The summed E-state index contributed by atoms with van der Waals surface area (Å²) in [7, 11) is 1.29. The third kappa shape index (κ3) is 6.03. The molecule has 0 saturated carbocycles. The van der Waals surface area contributed by atoms with Gasteiger partial charge in [0, 0.05) is 24.7 Å². The number of aryl methyl sites for hydroxylation is 1. The van der Waals surface area contributed by atoms with Crippen molar-refractivity contribution in [3.05, 3.63) is 34.3 Å². The number of amides is 1. The van der Waals surface area contributed by atoms with Crippen molar-refractivity contribution in [1.29, 1.82) is 0 Å². The summed E-state index contributed by atoms with van der Waals surface area (Å²) in [6.45, 7) is 7.98. The van der Waals surface area contributed by atoms with Crippen LogP contribution in [0.5, 0.6) is 5.75 Å². The van der Waals surface area contributed by atoms with Crippen LogP contribution in [0.1, 0.15) is 44.7 Å². The van der Waals surface area contributed by atoms with E-state index in [1.165, 1.54) is 13.2 Å². The van der Waals surface area contributed by atoms with Crippen molar-refractivity contribution in [3.63, 3.8) is 0 Å². The lowest BCUT2D eigenvalue weighted by Crippen LogP contribution is -2.47. The standard InChI is InChI=1S/C25H28ClF3N4O4/c1-13-9-14(25(27,28)29)10-18(35-5)19(13)17-11-16(26)20-21(31-17)32-22(36-20)30-15-7-6-8-33(12-15)23(34)37-24(2,3)4/h9-11,15H,6-8,12H2,1-5H3,(H,30,31,32)/t15-/m1/s1. The Morgan fingerprint density at radius 1 is 1.22 bits per heavy atom. The number of hydrogen-bond acceptors (Lipinski definition) is 7. The topological polar surface area (TPSA) is 89.7 Å². The quantitative estimate of drug-likeness (QED) is 0.394. The Kier molecular flexibility index (Phi) is 7.20. The van der Waals surface area contributed by atoms with E-state index in [0.717, 1.165) is 25.0 Å². The summed E-state index contributed by atoms with van der Waals surface area (Å²) in [5, 5.41) is 3.38. The molecule has 0 bridgehead atoms. The van der Waals surface area contributed by atoms with E-state index in [4.69, 9.17) is 25.5 Å². The molecule has 2 aromatic heterocycles. The lowest BCUT2D eigenvalue weighted by Gasteiger charge is -2.34. The number of carbonyl (C=O) groups excluding carboxylic acids is 1. The fourth-order valence-corrected chi connectivity index (χ4v) is 4.46. The highest BCUT2D eigenvalue weighted by Gasteiger charge is 2.33. The summed E-state index contributed by atoms with van der Waals surface area (Å²) in [6.07, 6.45) is -3.34. The molecule has 3 aromatic rings. The zero-order chi connectivity index (χ0) is 27.1. The molecule has 0 spiro atoms. The number of hydrogen-bond donors (Lipinski definition) is 1. The second-order valence-corrected chi connectivity index (χ2v) is 10.3. The molecule has 1 fully saturated rings. The van der Waals surface area contributed by atoms with Crippen LogP contribution in [0.15, 0.2) is 22.6 Å². The van der Waals surface area contributed by atoms with Crippen LogP contribution < -0.4 is 10.1 Å². The molecule has 0 unspecified atom stereocenters. The van der Waals surface area contributed by atoms with Gasteiger partial charge in [-0.1, -0.05) is 11.6 Å². The lowest BCUT2D eigenvalue weighted by atomic mass is 10.00. The number of alkyl halides is 3. The highest BCUT2D eigenvalue weighted by Crippen LogP contribution is 2.40. The van der Waals surface area contributed by atoms with E-state index in [9.17, 15) is 18.0 Å².